The zero-order valence-corrected chi connectivity index (χ0v) is 12.0. The first-order valence-corrected chi connectivity index (χ1v) is 7.24. The molecule has 2 heterocycles. The predicted molar refractivity (Wildman–Crippen MR) is 76.4 cm³/mol. The molecule has 19 heavy (non-hydrogen) atoms. The van der Waals surface area contributed by atoms with Crippen LogP contribution in [0, 0.1) is 5.82 Å². The molecule has 1 fully saturated rings. The minimum absolute atomic E-state index is 0.245. The van der Waals surface area contributed by atoms with Crippen molar-refractivity contribution in [3.05, 3.63) is 40.5 Å². The maximum atomic E-state index is 13.1. The molecule has 1 aliphatic rings. The number of nitrogens with zero attached hydrogens (tertiary/aromatic N) is 1. The van der Waals surface area contributed by atoms with Crippen LogP contribution in [0.4, 0.5) is 4.39 Å². The molecule has 3 nitrogen and oxygen atoms in total. The van der Waals surface area contributed by atoms with Gasteiger partial charge in [-0.2, -0.15) is 0 Å². The summed E-state index contributed by atoms with van der Waals surface area (Å²) in [5, 5.41) is 3.45. The van der Waals surface area contributed by atoms with Gasteiger partial charge >= 0.3 is 0 Å². The van der Waals surface area contributed by atoms with Crippen LogP contribution < -0.4 is 5.32 Å². The molecule has 1 unspecified atom stereocenters. The number of hydrogen-bond donors (Lipinski definition) is 2. The number of rotatable bonds is 3. The minimum Gasteiger partial charge on any atom is -0.342 e. The third kappa shape index (κ3) is 2.87. The Labute approximate surface area is 119 Å². The lowest BCUT2D eigenvalue weighted by molar-refractivity contribution is 0.589. The molecule has 2 aromatic rings. The van der Waals surface area contributed by atoms with Crippen molar-refractivity contribution in [2.75, 3.05) is 6.54 Å². The molecule has 0 saturated carbocycles. The average Bonchev–Trinajstić information content (AvgIpc) is 3.01. The van der Waals surface area contributed by atoms with E-state index in [0.717, 1.165) is 34.5 Å². The molecular weight excluding hydrogens is 309 g/mol. The quantitative estimate of drug-likeness (QED) is 0.910. The summed E-state index contributed by atoms with van der Waals surface area (Å²) >= 11 is 3.38. The van der Waals surface area contributed by atoms with E-state index in [1.807, 2.05) is 6.20 Å². The lowest BCUT2D eigenvalue weighted by atomic mass is 10.1. The SMILES string of the molecule is Fc1ccc(-c2cnc(CC3CCCN3)[nH]2)c(Br)c1. The standard InChI is InChI=1S/C14H15BrFN3/c15-12-6-9(16)3-4-11(12)13-8-18-14(19-13)7-10-2-1-5-17-10/h3-4,6,8,10,17H,1-2,5,7H2,(H,18,19). The molecule has 1 aromatic carbocycles. The van der Waals surface area contributed by atoms with Crippen LogP contribution >= 0.6 is 15.9 Å². The Morgan fingerprint density at radius 3 is 3.05 bits per heavy atom. The van der Waals surface area contributed by atoms with Crippen molar-refractivity contribution in [2.24, 2.45) is 0 Å². The van der Waals surface area contributed by atoms with E-state index in [0.29, 0.717) is 6.04 Å². The van der Waals surface area contributed by atoms with Crippen LogP contribution in [-0.2, 0) is 6.42 Å². The number of aromatic amines is 1. The molecule has 1 aliphatic heterocycles. The highest BCUT2D eigenvalue weighted by molar-refractivity contribution is 9.10. The largest absolute Gasteiger partial charge is 0.342 e. The van der Waals surface area contributed by atoms with Gasteiger partial charge in [-0.1, -0.05) is 0 Å². The molecule has 1 saturated heterocycles. The smallest absolute Gasteiger partial charge is 0.124 e. The normalized spacial score (nSPS) is 18.9. The van der Waals surface area contributed by atoms with Crippen molar-refractivity contribution < 1.29 is 4.39 Å². The van der Waals surface area contributed by atoms with Gasteiger partial charge in [-0.05, 0) is 53.5 Å². The van der Waals surface area contributed by atoms with Gasteiger partial charge < -0.3 is 10.3 Å². The fourth-order valence-electron chi connectivity index (χ4n) is 2.48. The third-order valence-corrected chi connectivity index (χ3v) is 4.11. The highest BCUT2D eigenvalue weighted by Gasteiger charge is 2.16. The van der Waals surface area contributed by atoms with Gasteiger partial charge in [0, 0.05) is 22.5 Å². The lowest BCUT2D eigenvalue weighted by Crippen LogP contribution is -2.24. The van der Waals surface area contributed by atoms with Gasteiger partial charge in [-0.25, -0.2) is 9.37 Å². The van der Waals surface area contributed by atoms with Gasteiger partial charge in [-0.3, -0.25) is 0 Å². The van der Waals surface area contributed by atoms with Crippen LogP contribution in [0.1, 0.15) is 18.7 Å². The molecule has 100 valence electrons. The maximum Gasteiger partial charge on any atom is 0.124 e. The molecule has 0 spiro atoms. The van der Waals surface area contributed by atoms with E-state index >= 15 is 0 Å². The van der Waals surface area contributed by atoms with Crippen molar-refractivity contribution in [3.63, 3.8) is 0 Å². The lowest BCUT2D eigenvalue weighted by Gasteiger charge is -2.07. The fraction of sp³-hybridized carbons (Fsp3) is 0.357. The van der Waals surface area contributed by atoms with E-state index < -0.39 is 0 Å². The number of benzene rings is 1. The Hall–Kier alpha value is -1.20. The molecule has 0 aliphatic carbocycles. The van der Waals surface area contributed by atoms with Gasteiger partial charge in [0.05, 0.1) is 11.9 Å². The molecule has 2 N–H and O–H groups in total. The van der Waals surface area contributed by atoms with Crippen LogP contribution in [0.5, 0.6) is 0 Å². The van der Waals surface area contributed by atoms with Crippen molar-refractivity contribution in [3.8, 4) is 11.3 Å². The van der Waals surface area contributed by atoms with Crippen LogP contribution in [-0.4, -0.2) is 22.6 Å². The minimum atomic E-state index is -0.245. The second-order valence-electron chi connectivity index (χ2n) is 4.87. The Bertz CT molecular complexity index is 576. The van der Waals surface area contributed by atoms with Crippen molar-refractivity contribution in [1.82, 2.24) is 15.3 Å². The van der Waals surface area contributed by atoms with Gasteiger partial charge in [0.1, 0.15) is 11.6 Å². The summed E-state index contributed by atoms with van der Waals surface area (Å²) in [4.78, 5) is 7.72. The van der Waals surface area contributed by atoms with Crippen LogP contribution in [0.25, 0.3) is 11.3 Å². The van der Waals surface area contributed by atoms with E-state index in [2.05, 4.69) is 31.2 Å². The summed E-state index contributed by atoms with van der Waals surface area (Å²) in [6.45, 7) is 1.10. The molecule has 0 bridgehead atoms. The summed E-state index contributed by atoms with van der Waals surface area (Å²) < 4.78 is 13.8. The molecule has 1 atom stereocenters. The van der Waals surface area contributed by atoms with E-state index in [9.17, 15) is 4.39 Å². The molecule has 0 amide bonds. The maximum absolute atomic E-state index is 13.1. The summed E-state index contributed by atoms with van der Waals surface area (Å²) in [6, 6.07) is 5.20. The number of aromatic nitrogens is 2. The van der Waals surface area contributed by atoms with Crippen molar-refractivity contribution in [1.29, 1.82) is 0 Å². The summed E-state index contributed by atoms with van der Waals surface area (Å²) in [7, 11) is 0. The topological polar surface area (TPSA) is 40.7 Å². The summed E-state index contributed by atoms with van der Waals surface area (Å²) in [5.74, 6) is 0.733. The van der Waals surface area contributed by atoms with Gasteiger partial charge in [0.15, 0.2) is 0 Å². The summed E-state index contributed by atoms with van der Waals surface area (Å²) in [6.07, 6.45) is 5.17. The number of halogens is 2. The number of hydrogen-bond acceptors (Lipinski definition) is 2. The monoisotopic (exact) mass is 323 g/mol. The second kappa shape index (κ2) is 5.43. The first kappa shape index (κ1) is 12.8. The van der Waals surface area contributed by atoms with Crippen LogP contribution in [0.3, 0.4) is 0 Å². The first-order chi connectivity index (χ1) is 9.22. The van der Waals surface area contributed by atoms with Gasteiger partial charge in [0.25, 0.3) is 0 Å². The highest BCUT2D eigenvalue weighted by Crippen LogP contribution is 2.27. The molecular formula is C14H15BrFN3. The highest BCUT2D eigenvalue weighted by atomic mass is 79.9. The molecule has 5 heteroatoms. The Morgan fingerprint density at radius 1 is 1.42 bits per heavy atom. The first-order valence-electron chi connectivity index (χ1n) is 6.45. The van der Waals surface area contributed by atoms with E-state index in [1.165, 1.54) is 25.0 Å². The molecule has 0 radical (unpaired) electrons. The number of H-pyrrole nitrogens is 1. The zero-order valence-electron chi connectivity index (χ0n) is 10.4. The molecule has 3 rings (SSSR count). The zero-order chi connectivity index (χ0) is 13.2. The molecule has 1 aromatic heterocycles. The van der Waals surface area contributed by atoms with Crippen molar-refractivity contribution in [2.45, 2.75) is 25.3 Å². The number of imidazole rings is 1. The van der Waals surface area contributed by atoms with Crippen LogP contribution in [0.2, 0.25) is 0 Å². The van der Waals surface area contributed by atoms with Crippen LogP contribution in [0.15, 0.2) is 28.9 Å². The van der Waals surface area contributed by atoms with Gasteiger partial charge in [0.2, 0.25) is 0 Å². The van der Waals surface area contributed by atoms with E-state index in [1.54, 1.807) is 6.07 Å². The number of nitrogens with one attached hydrogen (secondary N) is 2. The second-order valence-corrected chi connectivity index (χ2v) is 5.72. The Kier molecular flexibility index (Phi) is 3.66. The van der Waals surface area contributed by atoms with Gasteiger partial charge in [-0.15, -0.1) is 0 Å². The average molecular weight is 324 g/mol. The third-order valence-electron chi connectivity index (χ3n) is 3.45. The van der Waals surface area contributed by atoms with E-state index in [4.69, 9.17) is 0 Å². The Balaban J connectivity index is 1.80. The van der Waals surface area contributed by atoms with E-state index in [-0.39, 0.29) is 5.82 Å². The Morgan fingerprint density at radius 2 is 2.32 bits per heavy atom. The summed E-state index contributed by atoms with van der Waals surface area (Å²) in [5.41, 5.74) is 1.85. The van der Waals surface area contributed by atoms with Crippen molar-refractivity contribution >= 4 is 15.9 Å². The fourth-order valence-corrected chi connectivity index (χ4v) is 3.04. The predicted octanol–water partition coefficient (Wildman–Crippen LogP) is 3.27.